The summed E-state index contributed by atoms with van der Waals surface area (Å²) in [4.78, 5) is 34.7. The number of hydrogen-bond donors (Lipinski definition) is 1. The number of nitro benzene ring substituents is 1. The molecule has 0 heterocycles. The average molecular weight is 399 g/mol. The Bertz CT molecular complexity index is 1080. The van der Waals surface area contributed by atoms with Crippen molar-refractivity contribution in [3.05, 3.63) is 81.4 Å². The van der Waals surface area contributed by atoms with Crippen LogP contribution in [0.5, 0.6) is 0 Å². The molecular weight excluding hydrogens is 384 g/mol. The Labute approximate surface area is 165 Å². The van der Waals surface area contributed by atoms with Crippen LogP contribution < -0.4 is 5.32 Å². The van der Waals surface area contributed by atoms with Gasteiger partial charge < -0.3 is 10.1 Å². The summed E-state index contributed by atoms with van der Waals surface area (Å²) in [7, 11) is 0. The number of hydrogen-bond acceptors (Lipinski definition) is 5. The smallest absolute Gasteiger partial charge is 0.340 e. The molecule has 0 fully saturated rings. The summed E-state index contributed by atoms with van der Waals surface area (Å²) in [5.74, 6) is -1.36. The highest BCUT2D eigenvalue weighted by atomic mass is 35.5. The molecule has 8 heteroatoms. The number of non-ortho nitro benzene ring substituents is 1. The number of esters is 1. The maximum atomic E-state index is 12.3. The van der Waals surface area contributed by atoms with Crippen LogP contribution in [0, 0.1) is 10.1 Å². The third-order valence-electron chi connectivity index (χ3n) is 4.05. The molecule has 0 spiro atoms. The van der Waals surface area contributed by atoms with E-state index in [9.17, 15) is 19.7 Å². The van der Waals surface area contributed by atoms with E-state index in [0.717, 1.165) is 22.9 Å². The van der Waals surface area contributed by atoms with Gasteiger partial charge in [-0.25, -0.2) is 4.79 Å². The zero-order valence-electron chi connectivity index (χ0n) is 14.7. The van der Waals surface area contributed by atoms with E-state index in [4.69, 9.17) is 16.3 Å². The first kappa shape index (κ1) is 19.3. The summed E-state index contributed by atoms with van der Waals surface area (Å²) in [6.45, 7) is 1.42. The van der Waals surface area contributed by atoms with Gasteiger partial charge >= 0.3 is 5.97 Å². The van der Waals surface area contributed by atoms with Gasteiger partial charge in [-0.2, -0.15) is 0 Å². The summed E-state index contributed by atoms with van der Waals surface area (Å²) in [5.41, 5.74) is 0.265. The molecule has 3 rings (SSSR count). The van der Waals surface area contributed by atoms with Crippen LogP contribution in [0.15, 0.2) is 60.7 Å². The second-order valence-corrected chi connectivity index (χ2v) is 6.43. The fourth-order valence-electron chi connectivity index (χ4n) is 2.57. The summed E-state index contributed by atoms with van der Waals surface area (Å²) in [6.07, 6.45) is -1.09. The lowest BCUT2D eigenvalue weighted by Crippen LogP contribution is -2.30. The molecule has 0 aromatic heterocycles. The summed E-state index contributed by atoms with van der Waals surface area (Å²) >= 11 is 5.91. The predicted octanol–water partition coefficient (Wildman–Crippen LogP) is 4.59. The predicted molar refractivity (Wildman–Crippen MR) is 106 cm³/mol. The average Bonchev–Trinajstić information content (AvgIpc) is 2.67. The van der Waals surface area contributed by atoms with Crippen LogP contribution in [-0.4, -0.2) is 22.9 Å². The Morgan fingerprint density at radius 2 is 1.79 bits per heavy atom. The number of benzene rings is 3. The van der Waals surface area contributed by atoms with Crippen molar-refractivity contribution in [1.29, 1.82) is 0 Å². The fourth-order valence-corrected chi connectivity index (χ4v) is 2.82. The molecule has 0 unspecified atom stereocenters. The molecule has 0 radical (unpaired) electrons. The van der Waals surface area contributed by atoms with Gasteiger partial charge in [0.2, 0.25) is 0 Å². The number of halogens is 1. The van der Waals surface area contributed by atoms with Crippen molar-refractivity contribution < 1.29 is 19.2 Å². The topological polar surface area (TPSA) is 98.5 Å². The minimum absolute atomic E-state index is 0.0578. The number of fused-ring (bicyclic) bond motifs is 1. The van der Waals surface area contributed by atoms with Crippen LogP contribution in [0.3, 0.4) is 0 Å². The molecule has 0 aliphatic heterocycles. The van der Waals surface area contributed by atoms with Crippen LogP contribution in [0.4, 0.5) is 11.4 Å². The third kappa shape index (κ3) is 4.27. The Hall–Kier alpha value is -3.45. The van der Waals surface area contributed by atoms with E-state index in [-0.39, 0.29) is 16.3 Å². The fraction of sp³-hybridized carbons (Fsp3) is 0.100. The molecule has 1 amide bonds. The van der Waals surface area contributed by atoms with Crippen molar-refractivity contribution in [2.75, 3.05) is 5.32 Å². The van der Waals surface area contributed by atoms with Gasteiger partial charge in [-0.05, 0) is 35.9 Å². The number of nitro groups is 1. The monoisotopic (exact) mass is 398 g/mol. The first-order chi connectivity index (χ1) is 13.3. The van der Waals surface area contributed by atoms with Gasteiger partial charge in [-0.15, -0.1) is 0 Å². The first-order valence-corrected chi connectivity index (χ1v) is 8.67. The second-order valence-electron chi connectivity index (χ2n) is 6.02. The van der Waals surface area contributed by atoms with Crippen LogP contribution in [0.1, 0.15) is 17.3 Å². The number of nitrogens with one attached hydrogen (secondary N) is 1. The van der Waals surface area contributed by atoms with E-state index in [1.54, 1.807) is 6.07 Å². The zero-order chi connectivity index (χ0) is 20.3. The highest BCUT2D eigenvalue weighted by molar-refractivity contribution is 6.33. The molecular formula is C20H15ClN2O5. The largest absolute Gasteiger partial charge is 0.449 e. The molecule has 0 aliphatic carbocycles. The lowest BCUT2D eigenvalue weighted by molar-refractivity contribution is -0.384. The minimum Gasteiger partial charge on any atom is -0.449 e. The maximum absolute atomic E-state index is 12.3. The Morgan fingerprint density at radius 3 is 2.46 bits per heavy atom. The van der Waals surface area contributed by atoms with Crippen molar-refractivity contribution in [2.45, 2.75) is 13.0 Å². The number of amides is 1. The van der Waals surface area contributed by atoms with Crippen molar-refractivity contribution >= 4 is 45.6 Å². The molecule has 28 heavy (non-hydrogen) atoms. The quantitative estimate of drug-likeness (QED) is 0.385. The Balaban J connectivity index is 1.67. The van der Waals surface area contributed by atoms with Crippen LogP contribution in [-0.2, 0) is 9.53 Å². The molecule has 3 aromatic carbocycles. The lowest BCUT2D eigenvalue weighted by atomic mass is 10.1. The highest BCUT2D eigenvalue weighted by Crippen LogP contribution is 2.24. The van der Waals surface area contributed by atoms with Crippen LogP contribution in [0.25, 0.3) is 10.8 Å². The molecule has 142 valence electrons. The first-order valence-electron chi connectivity index (χ1n) is 8.30. The third-order valence-corrected chi connectivity index (χ3v) is 4.37. The van der Waals surface area contributed by atoms with Crippen molar-refractivity contribution in [2.24, 2.45) is 0 Å². The van der Waals surface area contributed by atoms with Gasteiger partial charge in [0, 0.05) is 17.8 Å². The molecule has 7 nitrogen and oxygen atoms in total. The van der Waals surface area contributed by atoms with Crippen molar-refractivity contribution in [3.63, 3.8) is 0 Å². The highest BCUT2D eigenvalue weighted by Gasteiger charge is 2.22. The molecule has 0 saturated heterocycles. The lowest BCUT2D eigenvalue weighted by Gasteiger charge is -2.14. The minimum atomic E-state index is -1.09. The van der Waals surface area contributed by atoms with E-state index >= 15 is 0 Å². The number of rotatable bonds is 5. The standard InChI is InChI=1S/C20H15ClN2O5/c1-12(28-20(25)17-9-8-16(23(26)27)11-18(17)21)19(24)22-15-7-6-13-4-2-3-5-14(13)10-15/h2-12H,1H3,(H,22,24)/t12-/m1/s1. The SMILES string of the molecule is C[C@@H](OC(=O)c1ccc([N+](=O)[O-])cc1Cl)C(=O)Nc1ccc2ccccc2c1. The van der Waals surface area contributed by atoms with Crippen LogP contribution >= 0.6 is 11.6 Å². The normalized spacial score (nSPS) is 11.6. The molecule has 1 atom stereocenters. The number of carbonyl (C=O) groups is 2. The van der Waals surface area contributed by atoms with Gasteiger partial charge in [-0.3, -0.25) is 14.9 Å². The van der Waals surface area contributed by atoms with Gasteiger partial charge in [0.05, 0.1) is 15.5 Å². The van der Waals surface area contributed by atoms with Gasteiger partial charge in [0.25, 0.3) is 11.6 Å². The van der Waals surface area contributed by atoms with Crippen molar-refractivity contribution in [3.8, 4) is 0 Å². The van der Waals surface area contributed by atoms with Gasteiger partial charge in [0.15, 0.2) is 6.10 Å². The number of carbonyl (C=O) groups excluding carboxylic acids is 2. The number of nitrogens with zero attached hydrogens (tertiary/aromatic N) is 1. The molecule has 0 bridgehead atoms. The second kappa shape index (κ2) is 8.06. The maximum Gasteiger partial charge on any atom is 0.340 e. The van der Waals surface area contributed by atoms with E-state index < -0.39 is 22.9 Å². The number of ether oxygens (including phenoxy) is 1. The van der Waals surface area contributed by atoms with E-state index in [1.165, 1.54) is 13.0 Å². The molecule has 3 aromatic rings. The molecule has 0 aliphatic rings. The Kier molecular flexibility index (Phi) is 5.56. The summed E-state index contributed by atoms with van der Waals surface area (Å²) < 4.78 is 5.13. The number of anilines is 1. The Morgan fingerprint density at radius 1 is 1.07 bits per heavy atom. The van der Waals surface area contributed by atoms with E-state index in [0.29, 0.717) is 5.69 Å². The summed E-state index contributed by atoms with van der Waals surface area (Å²) in [6, 6.07) is 16.5. The summed E-state index contributed by atoms with van der Waals surface area (Å²) in [5, 5.41) is 15.3. The van der Waals surface area contributed by atoms with E-state index in [2.05, 4.69) is 5.32 Å². The molecule has 1 N–H and O–H groups in total. The zero-order valence-corrected chi connectivity index (χ0v) is 15.5. The van der Waals surface area contributed by atoms with Gasteiger partial charge in [-0.1, -0.05) is 41.9 Å². The van der Waals surface area contributed by atoms with Crippen LogP contribution in [0.2, 0.25) is 5.02 Å². The van der Waals surface area contributed by atoms with Gasteiger partial charge in [0.1, 0.15) is 0 Å². The molecule has 0 saturated carbocycles. The van der Waals surface area contributed by atoms with Crippen molar-refractivity contribution in [1.82, 2.24) is 0 Å². The van der Waals surface area contributed by atoms with E-state index in [1.807, 2.05) is 36.4 Å².